The van der Waals surface area contributed by atoms with E-state index >= 15 is 0 Å². The second-order valence-electron chi connectivity index (χ2n) is 4.47. The summed E-state index contributed by atoms with van der Waals surface area (Å²) >= 11 is 1.57. The van der Waals surface area contributed by atoms with Gasteiger partial charge in [0.15, 0.2) is 5.65 Å². The van der Waals surface area contributed by atoms with E-state index in [0.29, 0.717) is 0 Å². The largest absolute Gasteiger partial charge is 0.369 e. The molecule has 0 aliphatic rings. The zero-order valence-electron chi connectivity index (χ0n) is 11.4. The van der Waals surface area contributed by atoms with Gasteiger partial charge in [-0.15, -0.1) is 0 Å². The van der Waals surface area contributed by atoms with Gasteiger partial charge < -0.3 is 9.72 Å². The highest BCUT2D eigenvalue weighted by Gasteiger charge is 2.10. The van der Waals surface area contributed by atoms with E-state index < -0.39 is 0 Å². The number of imidazole rings is 1. The van der Waals surface area contributed by atoms with Gasteiger partial charge in [0, 0.05) is 32.2 Å². The molecule has 0 radical (unpaired) electrons. The van der Waals surface area contributed by atoms with Gasteiger partial charge in [-0.3, -0.25) is 4.68 Å². The Morgan fingerprint density at radius 3 is 3.00 bits per heavy atom. The lowest BCUT2D eigenvalue weighted by molar-refractivity contribution is 0.766. The zero-order chi connectivity index (χ0) is 13.9. The number of aromatic nitrogens is 5. The maximum absolute atomic E-state index is 4.65. The Balaban J connectivity index is 1.96. The fraction of sp³-hybridized carbons (Fsp3) is 0.308. The van der Waals surface area contributed by atoms with Crippen LogP contribution in [0, 0.1) is 0 Å². The molecule has 0 atom stereocenters. The summed E-state index contributed by atoms with van der Waals surface area (Å²) in [5.41, 5.74) is 0.862. The molecule has 0 bridgehead atoms. The predicted molar refractivity (Wildman–Crippen MR) is 79.1 cm³/mol. The van der Waals surface area contributed by atoms with Gasteiger partial charge in [-0.1, -0.05) is 18.7 Å². The SMILES string of the molecule is CCCNc1cn2ccnc2c(Sc2cnn(C)c2)n1. The maximum Gasteiger partial charge on any atom is 0.170 e. The summed E-state index contributed by atoms with van der Waals surface area (Å²) in [6.07, 6.45) is 10.5. The average molecular weight is 288 g/mol. The third-order valence-corrected chi connectivity index (χ3v) is 3.71. The summed E-state index contributed by atoms with van der Waals surface area (Å²) in [6.45, 7) is 3.04. The van der Waals surface area contributed by atoms with Crippen LogP contribution in [-0.4, -0.2) is 30.7 Å². The molecule has 20 heavy (non-hydrogen) atoms. The third-order valence-electron chi connectivity index (χ3n) is 2.80. The van der Waals surface area contributed by atoms with E-state index in [-0.39, 0.29) is 0 Å². The van der Waals surface area contributed by atoms with Crippen molar-refractivity contribution in [3.05, 3.63) is 31.0 Å². The molecule has 6 nitrogen and oxygen atoms in total. The van der Waals surface area contributed by atoms with Gasteiger partial charge in [0.25, 0.3) is 0 Å². The molecule has 0 aliphatic heterocycles. The Kier molecular flexibility index (Phi) is 3.60. The van der Waals surface area contributed by atoms with Crippen LogP contribution in [0.1, 0.15) is 13.3 Å². The van der Waals surface area contributed by atoms with Crippen LogP contribution < -0.4 is 5.32 Å². The molecule has 0 saturated heterocycles. The molecule has 0 amide bonds. The van der Waals surface area contributed by atoms with Crippen molar-refractivity contribution < 1.29 is 0 Å². The number of nitrogens with one attached hydrogen (secondary N) is 1. The molecule has 3 heterocycles. The Morgan fingerprint density at radius 2 is 2.25 bits per heavy atom. The van der Waals surface area contributed by atoms with Gasteiger partial charge in [0.1, 0.15) is 10.8 Å². The van der Waals surface area contributed by atoms with Gasteiger partial charge in [-0.2, -0.15) is 5.10 Å². The van der Waals surface area contributed by atoms with Crippen molar-refractivity contribution in [3.63, 3.8) is 0 Å². The van der Waals surface area contributed by atoms with Crippen molar-refractivity contribution in [2.24, 2.45) is 7.05 Å². The first-order chi connectivity index (χ1) is 9.76. The molecular weight excluding hydrogens is 272 g/mol. The van der Waals surface area contributed by atoms with E-state index in [2.05, 4.69) is 27.3 Å². The minimum absolute atomic E-state index is 0.862. The number of anilines is 1. The van der Waals surface area contributed by atoms with E-state index in [1.54, 1.807) is 22.6 Å². The van der Waals surface area contributed by atoms with Crippen molar-refractivity contribution in [1.29, 1.82) is 0 Å². The molecule has 1 N–H and O–H groups in total. The number of aryl methyl sites for hydroxylation is 1. The lowest BCUT2D eigenvalue weighted by Crippen LogP contribution is -2.04. The zero-order valence-corrected chi connectivity index (χ0v) is 12.3. The van der Waals surface area contributed by atoms with E-state index in [4.69, 9.17) is 0 Å². The van der Waals surface area contributed by atoms with Crippen LogP contribution >= 0.6 is 11.8 Å². The molecule has 0 spiro atoms. The highest BCUT2D eigenvalue weighted by atomic mass is 32.2. The van der Waals surface area contributed by atoms with Crippen molar-refractivity contribution in [3.8, 4) is 0 Å². The third kappa shape index (κ3) is 2.62. The first kappa shape index (κ1) is 13.0. The maximum atomic E-state index is 4.65. The predicted octanol–water partition coefficient (Wildman–Crippen LogP) is 2.44. The molecule has 104 valence electrons. The second-order valence-corrected chi connectivity index (χ2v) is 5.53. The molecule has 0 fully saturated rings. The quantitative estimate of drug-likeness (QED) is 0.781. The minimum atomic E-state index is 0.862. The first-order valence-corrected chi connectivity index (χ1v) is 7.32. The summed E-state index contributed by atoms with van der Waals surface area (Å²) in [6, 6.07) is 0. The highest BCUT2D eigenvalue weighted by molar-refractivity contribution is 7.99. The van der Waals surface area contributed by atoms with Crippen molar-refractivity contribution in [2.75, 3.05) is 11.9 Å². The standard InChI is InChI=1S/C13H16N6S/c1-3-4-14-11-9-19-6-5-15-12(19)13(17-11)20-10-7-16-18(2)8-10/h5-9,14H,3-4H2,1-2H3. The topological polar surface area (TPSA) is 60.0 Å². The Bertz CT molecular complexity index is 717. The highest BCUT2D eigenvalue weighted by Crippen LogP contribution is 2.29. The number of hydrogen-bond donors (Lipinski definition) is 1. The normalized spacial score (nSPS) is 11.1. The van der Waals surface area contributed by atoms with Crippen molar-refractivity contribution in [1.82, 2.24) is 24.1 Å². The Morgan fingerprint density at radius 1 is 1.35 bits per heavy atom. The molecule has 3 rings (SSSR count). The summed E-state index contributed by atoms with van der Waals surface area (Å²) in [5, 5.41) is 8.37. The fourth-order valence-corrected chi connectivity index (χ4v) is 2.79. The number of nitrogens with zero attached hydrogens (tertiary/aromatic N) is 5. The summed E-state index contributed by atoms with van der Waals surface area (Å²) in [5.74, 6) is 0.865. The van der Waals surface area contributed by atoms with Gasteiger partial charge >= 0.3 is 0 Å². The lowest BCUT2D eigenvalue weighted by atomic mass is 10.5. The van der Waals surface area contributed by atoms with Gasteiger partial charge in [0.2, 0.25) is 0 Å². The van der Waals surface area contributed by atoms with Crippen LogP contribution in [0.5, 0.6) is 0 Å². The molecule has 3 aromatic heterocycles. The molecule has 7 heteroatoms. The van der Waals surface area contributed by atoms with E-state index in [1.165, 1.54) is 0 Å². The average Bonchev–Trinajstić information content (AvgIpc) is 3.05. The molecule has 0 saturated carbocycles. The minimum Gasteiger partial charge on any atom is -0.369 e. The van der Waals surface area contributed by atoms with Crippen LogP contribution in [0.4, 0.5) is 5.82 Å². The van der Waals surface area contributed by atoms with Crippen LogP contribution in [0.2, 0.25) is 0 Å². The fourth-order valence-electron chi connectivity index (χ4n) is 1.87. The van der Waals surface area contributed by atoms with E-state index in [1.807, 2.05) is 36.2 Å². The van der Waals surface area contributed by atoms with Crippen LogP contribution in [0.3, 0.4) is 0 Å². The number of rotatable bonds is 5. The number of fused-ring (bicyclic) bond motifs is 1. The molecule has 3 aromatic rings. The molecule has 0 aliphatic carbocycles. The molecule has 0 aromatic carbocycles. The van der Waals surface area contributed by atoms with Crippen LogP contribution in [0.25, 0.3) is 5.65 Å². The first-order valence-electron chi connectivity index (χ1n) is 6.50. The molecular formula is C13H16N6S. The van der Waals surface area contributed by atoms with Crippen LogP contribution in [-0.2, 0) is 7.05 Å². The van der Waals surface area contributed by atoms with Gasteiger partial charge in [-0.25, -0.2) is 9.97 Å². The van der Waals surface area contributed by atoms with Crippen molar-refractivity contribution in [2.45, 2.75) is 23.3 Å². The van der Waals surface area contributed by atoms with E-state index in [9.17, 15) is 0 Å². The van der Waals surface area contributed by atoms with Gasteiger partial charge in [0.05, 0.1) is 17.3 Å². The Labute approximate surface area is 121 Å². The van der Waals surface area contributed by atoms with E-state index in [0.717, 1.165) is 34.4 Å². The number of hydrogen-bond acceptors (Lipinski definition) is 5. The lowest BCUT2D eigenvalue weighted by Gasteiger charge is -2.07. The summed E-state index contributed by atoms with van der Waals surface area (Å²) in [4.78, 5) is 10.1. The van der Waals surface area contributed by atoms with Crippen LogP contribution in [0.15, 0.2) is 40.9 Å². The smallest absolute Gasteiger partial charge is 0.170 e. The van der Waals surface area contributed by atoms with Crippen molar-refractivity contribution >= 4 is 23.2 Å². The molecule has 0 unspecified atom stereocenters. The van der Waals surface area contributed by atoms with Gasteiger partial charge in [-0.05, 0) is 6.42 Å². The summed E-state index contributed by atoms with van der Waals surface area (Å²) < 4.78 is 3.77. The Hall–Kier alpha value is -2.02. The monoisotopic (exact) mass is 288 g/mol. The summed E-state index contributed by atoms with van der Waals surface area (Å²) in [7, 11) is 1.90. The second kappa shape index (κ2) is 5.54.